The summed E-state index contributed by atoms with van der Waals surface area (Å²) in [5.41, 5.74) is 3.85. The number of para-hydroxylation sites is 1. The maximum Gasteiger partial charge on any atom is 0.233 e. The molecule has 3 atom stereocenters. The van der Waals surface area contributed by atoms with E-state index in [1.54, 1.807) is 12.1 Å². The molecular weight excluding hydrogens is 597 g/mol. The van der Waals surface area contributed by atoms with Crippen LogP contribution in [0.3, 0.4) is 0 Å². The number of carbonyl (C=O) groups is 1. The van der Waals surface area contributed by atoms with Crippen LogP contribution >= 0.6 is 15.9 Å². The lowest BCUT2D eigenvalue weighted by Gasteiger charge is -2.48. The predicted octanol–water partition coefficient (Wildman–Crippen LogP) is 9.24. The van der Waals surface area contributed by atoms with Crippen LogP contribution in [0.1, 0.15) is 41.7 Å². The van der Waals surface area contributed by atoms with E-state index in [-0.39, 0.29) is 29.8 Å². The van der Waals surface area contributed by atoms with Crippen molar-refractivity contribution >= 4 is 35.8 Å². The van der Waals surface area contributed by atoms with E-state index in [1.807, 2.05) is 77.7 Å². The Morgan fingerprint density at radius 1 is 0.902 bits per heavy atom. The molecule has 7 heteroatoms. The minimum absolute atomic E-state index is 0.0870. The Morgan fingerprint density at radius 2 is 1.56 bits per heavy atom. The van der Waals surface area contributed by atoms with Gasteiger partial charge in [0.15, 0.2) is 8.32 Å². The highest BCUT2D eigenvalue weighted by Gasteiger charge is 2.49. The van der Waals surface area contributed by atoms with Crippen molar-refractivity contribution in [2.24, 2.45) is 5.92 Å². The highest BCUT2D eigenvalue weighted by atomic mass is 79.9. The zero-order valence-electron chi connectivity index (χ0n) is 23.6. The molecule has 212 valence electrons. The third kappa shape index (κ3) is 7.15. The predicted molar refractivity (Wildman–Crippen MR) is 168 cm³/mol. The van der Waals surface area contributed by atoms with Crippen molar-refractivity contribution in [3.63, 3.8) is 0 Å². The fraction of sp³-hybridized carbons (Fsp3) is 0.265. The van der Waals surface area contributed by atoms with E-state index in [9.17, 15) is 9.18 Å². The van der Waals surface area contributed by atoms with Gasteiger partial charge in [-0.2, -0.15) is 0 Å². The van der Waals surface area contributed by atoms with E-state index in [4.69, 9.17) is 9.16 Å². The Kier molecular flexibility index (Phi) is 9.07. The van der Waals surface area contributed by atoms with Crippen LogP contribution < -0.4 is 9.64 Å². The normalized spacial score (nSPS) is 17.7. The van der Waals surface area contributed by atoms with Crippen LogP contribution in [0.5, 0.6) is 5.75 Å². The van der Waals surface area contributed by atoms with Gasteiger partial charge in [0.1, 0.15) is 18.2 Å². The average Bonchev–Trinajstić information content (AvgIpc) is 2.95. The highest BCUT2D eigenvalue weighted by Crippen LogP contribution is 2.49. The molecule has 0 aromatic heterocycles. The van der Waals surface area contributed by atoms with Gasteiger partial charge in [-0.05, 0) is 80.0 Å². The zero-order valence-corrected chi connectivity index (χ0v) is 26.2. The second-order valence-corrected chi connectivity index (χ2v) is 16.8. The highest BCUT2D eigenvalue weighted by molar-refractivity contribution is 9.10. The summed E-state index contributed by atoms with van der Waals surface area (Å²) in [4.78, 5) is 15.7. The largest absolute Gasteiger partial charge is 0.489 e. The molecule has 1 aliphatic rings. The van der Waals surface area contributed by atoms with Crippen LogP contribution in [0.4, 0.5) is 10.1 Å². The Morgan fingerprint density at radius 3 is 2.22 bits per heavy atom. The molecule has 1 fully saturated rings. The van der Waals surface area contributed by atoms with Crippen molar-refractivity contribution in [1.29, 1.82) is 0 Å². The summed E-state index contributed by atoms with van der Waals surface area (Å²) in [5.74, 6) is 0.319. The molecular formula is C34H35BrFNO3Si. The van der Waals surface area contributed by atoms with Crippen molar-refractivity contribution < 1.29 is 18.3 Å². The van der Waals surface area contributed by atoms with Gasteiger partial charge in [0.25, 0.3) is 0 Å². The lowest BCUT2D eigenvalue weighted by Crippen LogP contribution is -2.55. The summed E-state index contributed by atoms with van der Waals surface area (Å²) in [7, 11) is -1.92. The maximum atomic E-state index is 13.8. The lowest BCUT2D eigenvalue weighted by molar-refractivity contribution is -0.131. The first-order valence-electron chi connectivity index (χ1n) is 14.0. The first-order chi connectivity index (χ1) is 19.7. The third-order valence-electron chi connectivity index (χ3n) is 7.26. The average molecular weight is 633 g/mol. The first kappa shape index (κ1) is 29.2. The fourth-order valence-corrected chi connectivity index (χ4v) is 6.85. The summed E-state index contributed by atoms with van der Waals surface area (Å²) >= 11 is 3.61. The molecule has 5 rings (SSSR count). The van der Waals surface area contributed by atoms with E-state index in [1.165, 1.54) is 12.1 Å². The number of halogens is 2. The van der Waals surface area contributed by atoms with Gasteiger partial charge in [0.2, 0.25) is 5.91 Å². The molecule has 0 bridgehead atoms. The molecule has 4 nitrogen and oxygen atoms in total. The van der Waals surface area contributed by atoms with Crippen molar-refractivity contribution in [3.05, 3.63) is 130 Å². The summed E-state index contributed by atoms with van der Waals surface area (Å²) in [6, 6.07) is 32.3. The molecule has 41 heavy (non-hydrogen) atoms. The number of hydrogen-bond acceptors (Lipinski definition) is 3. The Hall–Kier alpha value is -3.26. The van der Waals surface area contributed by atoms with Gasteiger partial charge in [-0.1, -0.05) is 82.7 Å². The molecule has 4 aromatic carbocycles. The number of amides is 1. The second kappa shape index (κ2) is 12.7. The molecule has 0 spiro atoms. The minimum Gasteiger partial charge on any atom is -0.489 e. The summed E-state index contributed by atoms with van der Waals surface area (Å²) < 4.78 is 27.6. The van der Waals surface area contributed by atoms with E-state index in [0.29, 0.717) is 19.4 Å². The minimum atomic E-state index is -1.92. The second-order valence-electron chi connectivity index (χ2n) is 11.4. The van der Waals surface area contributed by atoms with E-state index >= 15 is 0 Å². The quantitative estimate of drug-likeness (QED) is 0.122. The molecule has 1 amide bonds. The fourth-order valence-electron chi connectivity index (χ4n) is 5.40. The van der Waals surface area contributed by atoms with Crippen LogP contribution in [-0.4, -0.2) is 14.2 Å². The Bertz CT molecular complexity index is 1460. The molecule has 0 N–H and O–H groups in total. The lowest BCUT2D eigenvalue weighted by atomic mass is 9.78. The molecule has 1 saturated heterocycles. The number of rotatable bonds is 11. The van der Waals surface area contributed by atoms with E-state index in [2.05, 4.69) is 41.6 Å². The summed E-state index contributed by atoms with van der Waals surface area (Å²) in [6.07, 6.45) is 1.08. The summed E-state index contributed by atoms with van der Waals surface area (Å²) in [5, 5.41) is 0. The number of carbonyl (C=O) groups excluding carboxylic acids is 1. The van der Waals surface area contributed by atoms with Gasteiger partial charge in [0, 0.05) is 15.7 Å². The van der Waals surface area contributed by atoms with Gasteiger partial charge >= 0.3 is 0 Å². The van der Waals surface area contributed by atoms with Gasteiger partial charge in [-0.25, -0.2) is 4.39 Å². The van der Waals surface area contributed by atoms with Gasteiger partial charge in [-0.3, -0.25) is 4.79 Å². The van der Waals surface area contributed by atoms with Crippen LogP contribution in [0, 0.1) is 11.7 Å². The third-order valence-corrected chi connectivity index (χ3v) is 8.74. The number of anilines is 1. The smallest absolute Gasteiger partial charge is 0.233 e. The van der Waals surface area contributed by atoms with Crippen molar-refractivity contribution in [2.45, 2.75) is 51.2 Å². The SMILES string of the molecule is C[Si](C)(C)OC(CCC1C(=O)N(c2ccccc2)C1c1ccc(Br)cc1OCc1ccccc1)c1ccc(F)cc1. The summed E-state index contributed by atoms with van der Waals surface area (Å²) in [6.45, 7) is 6.88. The first-order valence-corrected chi connectivity index (χ1v) is 18.2. The topological polar surface area (TPSA) is 38.8 Å². The molecule has 0 aliphatic carbocycles. The van der Waals surface area contributed by atoms with Crippen molar-refractivity contribution in [2.75, 3.05) is 4.90 Å². The number of hydrogen-bond donors (Lipinski definition) is 0. The van der Waals surface area contributed by atoms with E-state index in [0.717, 1.165) is 32.6 Å². The van der Waals surface area contributed by atoms with E-state index < -0.39 is 8.32 Å². The van der Waals surface area contributed by atoms with Crippen LogP contribution in [-0.2, 0) is 15.8 Å². The van der Waals surface area contributed by atoms with Crippen LogP contribution in [0.25, 0.3) is 0 Å². The molecule has 1 heterocycles. The Labute approximate surface area is 251 Å². The monoisotopic (exact) mass is 631 g/mol. The molecule has 3 unspecified atom stereocenters. The van der Waals surface area contributed by atoms with Crippen molar-refractivity contribution in [3.8, 4) is 5.75 Å². The van der Waals surface area contributed by atoms with Gasteiger partial charge in [-0.15, -0.1) is 0 Å². The molecule has 0 radical (unpaired) electrons. The van der Waals surface area contributed by atoms with Crippen LogP contribution in [0.2, 0.25) is 19.6 Å². The molecule has 0 saturated carbocycles. The Balaban J connectivity index is 1.45. The standard InChI is InChI=1S/C34H35BrFNO3Si/c1-41(2,3)40-31(25-14-17-27(36)18-15-25)21-20-30-33(37(34(30)38)28-12-8-5-9-13-28)29-19-16-26(35)22-32(29)39-23-24-10-6-4-7-11-24/h4-19,22,30-31,33H,20-21,23H2,1-3H3. The van der Waals surface area contributed by atoms with Gasteiger partial charge < -0.3 is 14.1 Å². The van der Waals surface area contributed by atoms with Crippen LogP contribution in [0.15, 0.2) is 108 Å². The number of benzene rings is 4. The number of ether oxygens (including phenoxy) is 1. The molecule has 4 aromatic rings. The number of β-lactam (4-membered cyclic amide) rings is 1. The number of nitrogens with zero attached hydrogens (tertiary/aromatic N) is 1. The zero-order chi connectivity index (χ0) is 29.0. The maximum absolute atomic E-state index is 13.8. The van der Waals surface area contributed by atoms with Gasteiger partial charge in [0.05, 0.1) is 18.1 Å². The molecule has 1 aliphatic heterocycles. The van der Waals surface area contributed by atoms with Crippen molar-refractivity contribution in [1.82, 2.24) is 0 Å².